The quantitative estimate of drug-likeness (QED) is 0.472. The first kappa shape index (κ1) is 20.6. The molecule has 0 radical (unpaired) electrons. The highest BCUT2D eigenvalue weighted by molar-refractivity contribution is 5.98. The highest BCUT2D eigenvalue weighted by atomic mass is 19.1. The van der Waals surface area contributed by atoms with Crippen LogP contribution in [0.5, 0.6) is 0 Å². The van der Waals surface area contributed by atoms with Gasteiger partial charge in [0.2, 0.25) is 0 Å². The second-order valence-electron chi connectivity index (χ2n) is 7.14. The van der Waals surface area contributed by atoms with Gasteiger partial charge in [-0.05, 0) is 30.7 Å². The van der Waals surface area contributed by atoms with Crippen molar-refractivity contribution < 1.29 is 13.9 Å². The van der Waals surface area contributed by atoms with E-state index in [1.54, 1.807) is 30.6 Å². The summed E-state index contributed by atoms with van der Waals surface area (Å²) < 4.78 is 20.0. The average Bonchev–Trinajstić information content (AvgIpc) is 2.78. The minimum atomic E-state index is -0.800. The molecule has 0 aliphatic carbocycles. The fourth-order valence-electron chi connectivity index (χ4n) is 3.31. The monoisotopic (exact) mass is 423 g/mol. The summed E-state index contributed by atoms with van der Waals surface area (Å²) in [7, 11) is 0. The van der Waals surface area contributed by atoms with E-state index >= 15 is 0 Å². The number of nitrogens with two attached hydrogens (primary N) is 2. The van der Waals surface area contributed by atoms with Gasteiger partial charge in [-0.1, -0.05) is 12.1 Å². The zero-order chi connectivity index (χ0) is 21.8. The van der Waals surface area contributed by atoms with Crippen LogP contribution in [-0.2, 0) is 4.74 Å². The lowest BCUT2D eigenvalue weighted by molar-refractivity contribution is 0.0751. The van der Waals surface area contributed by atoms with Gasteiger partial charge in [-0.2, -0.15) is 0 Å². The van der Waals surface area contributed by atoms with Gasteiger partial charge in [0.05, 0.1) is 12.2 Å². The number of rotatable bonds is 6. The SMILES string of the molecule is NC(=O)c1cc(F)c(NC2CCOC[C@@H]2N)nc1Nc1cccc(-c2ncccn2)c1. The van der Waals surface area contributed by atoms with Crippen molar-refractivity contribution in [1.29, 1.82) is 0 Å². The van der Waals surface area contributed by atoms with E-state index in [1.807, 2.05) is 12.1 Å². The van der Waals surface area contributed by atoms with Crippen LogP contribution in [0.15, 0.2) is 48.8 Å². The minimum absolute atomic E-state index is 0.0163. The number of halogens is 1. The number of nitrogens with one attached hydrogen (secondary N) is 2. The molecule has 6 N–H and O–H groups in total. The maximum absolute atomic E-state index is 14.6. The molecular formula is C21H22FN7O2. The van der Waals surface area contributed by atoms with Gasteiger partial charge in [-0.25, -0.2) is 19.3 Å². The largest absolute Gasteiger partial charge is 0.380 e. The number of benzene rings is 1. The van der Waals surface area contributed by atoms with E-state index in [9.17, 15) is 9.18 Å². The molecule has 2 aromatic heterocycles. The molecule has 160 valence electrons. The summed E-state index contributed by atoms with van der Waals surface area (Å²) in [5.74, 6) is -0.833. The van der Waals surface area contributed by atoms with E-state index in [-0.39, 0.29) is 29.3 Å². The van der Waals surface area contributed by atoms with Gasteiger partial charge in [-0.15, -0.1) is 0 Å². The fraction of sp³-hybridized carbons (Fsp3) is 0.238. The Bertz CT molecular complexity index is 1080. The molecule has 0 spiro atoms. The number of aromatic nitrogens is 3. The third kappa shape index (κ3) is 4.76. The smallest absolute Gasteiger partial charge is 0.252 e. The van der Waals surface area contributed by atoms with Crippen LogP contribution in [0.25, 0.3) is 11.4 Å². The van der Waals surface area contributed by atoms with Gasteiger partial charge in [0.15, 0.2) is 17.5 Å². The molecule has 1 aliphatic heterocycles. The van der Waals surface area contributed by atoms with Crippen molar-refractivity contribution in [1.82, 2.24) is 15.0 Å². The Morgan fingerprint density at radius 2 is 1.97 bits per heavy atom. The topological polar surface area (TPSA) is 141 Å². The number of ether oxygens (including phenoxy) is 1. The molecule has 10 heteroatoms. The first-order chi connectivity index (χ1) is 15.0. The Morgan fingerprint density at radius 1 is 1.16 bits per heavy atom. The average molecular weight is 423 g/mol. The third-order valence-electron chi connectivity index (χ3n) is 4.91. The van der Waals surface area contributed by atoms with Crippen LogP contribution in [0.4, 0.5) is 21.7 Å². The van der Waals surface area contributed by atoms with Crippen molar-refractivity contribution >= 4 is 23.2 Å². The molecule has 31 heavy (non-hydrogen) atoms. The maximum Gasteiger partial charge on any atom is 0.252 e. The normalized spacial score (nSPS) is 18.4. The van der Waals surface area contributed by atoms with Crippen molar-refractivity contribution in [3.63, 3.8) is 0 Å². The van der Waals surface area contributed by atoms with Gasteiger partial charge >= 0.3 is 0 Å². The van der Waals surface area contributed by atoms with Gasteiger partial charge < -0.3 is 26.8 Å². The lowest BCUT2D eigenvalue weighted by Crippen LogP contribution is -2.47. The molecule has 3 aromatic rings. The van der Waals surface area contributed by atoms with Crippen LogP contribution >= 0.6 is 0 Å². The summed E-state index contributed by atoms with van der Waals surface area (Å²) in [5, 5.41) is 6.08. The molecule has 0 bridgehead atoms. The molecule has 1 aliphatic rings. The Balaban J connectivity index is 1.64. The van der Waals surface area contributed by atoms with Crippen LogP contribution < -0.4 is 22.1 Å². The molecular weight excluding hydrogens is 401 g/mol. The number of carbonyl (C=O) groups excluding carboxylic acids is 1. The fourth-order valence-corrected chi connectivity index (χ4v) is 3.31. The van der Waals surface area contributed by atoms with E-state index in [1.165, 1.54) is 0 Å². The van der Waals surface area contributed by atoms with Crippen LogP contribution in [0.1, 0.15) is 16.8 Å². The van der Waals surface area contributed by atoms with Crippen molar-refractivity contribution in [2.45, 2.75) is 18.5 Å². The molecule has 2 atom stereocenters. The van der Waals surface area contributed by atoms with Gasteiger partial charge in [0, 0.05) is 42.3 Å². The highest BCUT2D eigenvalue weighted by Crippen LogP contribution is 2.27. The zero-order valence-electron chi connectivity index (χ0n) is 16.6. The molecule has 9 nitrogen and oxygen atoms in total. The number of pyridine rings is 1. The molecule has 1 unspecified atom stereocenters. The number of hydrogen-bond donors (Lipinski definition) is 4. The van der Waals surface area contributed by atoms with Crippen molar-refractivity contribution in [3.8, 4) is 11.4 Å². The number of primary amides is 1. The van der Waals surface area contributed by atoms with Gasteiger partial charge in [0.1, 0.15) is 5.82 Å². The zero-order valence-corrected chi connectivity index (χ0v) is 16.6. The number of amides is 1. The number of nitrogens with zero attached hydrogens (tertiary/aromatic N) is 3. The van der Waals surface area contributed by atoms with Crippen molar-refractivity contribution in [3.05, 3.63) is 60.2 Å². The Hall–Kier alpha value is -3.63. The number of hydrogen-bond acceptors (Lipinski definition) is 8. The van der Waals surface area contributed by atoms with E-state index in [4.69, 9.17) is 16.2 Å². The Kier molecular flexibility index (Phi) is 6.01. The van der Waals surface area contributed by atoms with Crippen LogP contribution in [0, 0.1) is 5.82 Å². The summed E-state index contributed by atoms with van der Waals surface area (Å²) in [6.45, 7) is 0.893. The van der Waals surface area contributed by atoms with Crippen LogP contribution in [0.2, 0.25) is 0 Å². The van der Waals surface area contributed by atoms with Gasteiger partial charge in [-0.3, -0.25) is 4.79 Å². The molecule has 4 rings (SSSR count). The standard InChI is InChI=1S/C21H22FN7O2/c22-15-10-14(18(24)30)20(29-21(15)28-17-5-8-31-11-16(17)23)27-13-4-1-3-12(9-13)19-25-6-2-7-26-19/h1-4,6-7,9-10,16-17H,5,8,11,23H2,(H2,24,30)(H2,27,28,29)/t16-,17?/m0/s1. The van der Waals surface area contributed by atoms with Crippen LogP contribution in [-0.4, -0.2) is 46.2 Å². The second kappa shape index (κ2) is 9.02. The van der Waals surface area contributed by atoms with Crippen molar-refractivity contribution in [2.75, 3.05) is 23.8 Å². The molecule has 0 saturated carbocycles. The second-order valence-corrected chi connectivity index (χ2v) is 7.14. The molecule has 1 fully saturated rings. The number of anilines is 3. The molecule has 3 heterocycles. The predicted molar refractivity (Wildman–Crippen MR) is 114 cm³/mol. The van der Waals surface area contributed by atoms with E-state index < -0.39 is 11.7 Å². The lowest BCUT2D eigenvalue weighted by atomic mass is 10.0. The summed E-state index contributed by atoms with van der Waals surface area (Å²) in [6.07, 6.45) is 3.91. The Labute approximate surface area is 178 Å². The Morgan fingerprint density at radius 3 is 2.71 bits per heavy atom. The highest BCUT2D eigenvalue weighted by Gasteiger charge is 2.25. The maximum atomic E-state index is 14.6. The van der Waals surface area contributed by atoms with E-state index in [0.717, 1.165) is 11.6 Å². The summed E-state index contributed by atoms with van der Waals surface area (Å²) in [6, 6.07) is 9.53. The number of carbonyl (C=O) groups is 1. The predicted octanol–water partition coefficient (Wildman–Crippen LogP) is 2.05. The first-order valence-electron chi connectivity index (χ1n) is 9.76. The first-order valence-corrected chi connectivity index (χ1v) is 9.76. The third-order valence-corrected chi connectivity index (χ3v) is 4.91. The van der Waals surface area contributed by atoms with Gasteiger partial charge in [0.25, 0.3) is 5.91 Å². The molecule has 1 aromatic carbocycles. The summed E-state index contributed by atoms with van der Waals surface area (Å²) >= 11 is 0. The van der Waals surface area contributed by atoms with E-state index in [0.29, 0.717) is 31.1 Å². The van der Waals surface area contributed by atoms with Crippen LogP contribution in [0.3, 0.4) is 0 Å². The summed E-state index contributed by atoms with van der Waals surface area (Å²) in [4.78, 5) is 24.7. The summed E-state index contributed by atoms with van der Waals surface area (Å²) in [5.41, 5.74) is 12.8. The molecule has 1 saturated heterocycles. The van der Waals surface area contributed by atoms with E-state index in [2.05, 4.69) is 25.6 Å². The minimum Gasteiger partial charge on any atom is -0.380 e. The van der Waals surface area contributed by atoms with Crippen molar-refractivity contribution in [2.24, 2.45) is 11.5 Å². The molecule has 1 amide bonds. The lowest BCUT2D eigenvalue weighted by Gasteiger charge is -2.30.